The Balaban J connectivity index is 1.58. The molecule has 0 aromatic heterocycles. The lowest BCUT2D eigenvalue weighted by molar-refractivity contribution is -0.131. The van der Waals surface area contributed by atoms with E-state index in [2.05, 4.69) is 55.5 Å². The van der Waals surface area contributed by atoms with Gasteiger partial charge in [0.25, 0.3) is 0 Å². The second-order valence-electron chi connectivity index (χ2n) is 6.35. The summed E-state index contributed by atoms with van der Waals surface area (Å²) in [7, 11) is 0. The molecule has 2 nitrogen and oxygen atoms in total. The summed E-state index contributed by atoms with van der Waals surface area (Å²) >= 11 is 0. The molecule has 0 saturated heterocycles. The normalized spacial score (nSPS) is 16.1. The fourth-order valence-corrected chi connectivity index (χ4v) is 3.57. The number of benzene rings is 2. The summed E-state index contributed by atoms with van der Waals surface area (Å²) in [6.07, 6.45) is 3.81. The Morgan fingerprint density at radius 3 is 2.61 bits per heavy atom. The highest BCUT2D eigenvalue weighted by Gasteiger charge is 2.25. The number of aryl methyl sites for hydroxylation is 1. The average molecular weight is 307 g/mol. The largest absolute Gasteiger partial charge is 0.343 e. The van der Waals surface area contributed by atoms with Gasteiger partial charge in [-0.05, 0) is 48.8 Å². The van der Waals surface area contributed by atoms with Gasteiger partial charge < -0.3 is 4.90 Å². The summed E-state index contributed by atoms with van der Waals surface area (Å²) < 4.78 is 0. The van der Waals surface area contributed by atoms with Crippen LogP contribution in [0, 0.1) is 0 Å². The lowest BCUT2D eigenvalue weighted by Crippen LogP contribution is -2.33. The standard InChI is InChI=1S/C21H25NO/c1-2-22(15-14-17-8-4-3-5-9-17)21(23)16-19-13-12-18-10-6-7-11-20(18)19/h3-11,19H,2,12-16H2,1H3. The van der Waals surface area contributed by atoms with Crippen molar-refractivity contribution in [2.24, 2.45) is 0 Å². The van der Waals surface area contributed by atoms with E-state index in [0.29, 0.717) is 18.2 Å². The van der Waals surface area contributed by atoms with E-state index in [0.717, 1.165) is 32.4 Å². The first-order chi connectivity index (χ1) is 11.3. The van der Waals surface area contributed by atoms with Crippen molar-refractivity contribution < 1.29 is 4.79 Å². The molecule has 2 heteroatoms. The Hall–Kier alpha value is -2.09. The topological polar surface area (TPSA) is 20.3 Å². The molecule has 0 radical (unpaired) electrons. The van der Waals surface area contributed by atoms with Gasteiger partial charge in [-0.15, -0.1) is 0 Å². The summed E-state index contributed by atoms with van der Waals surface area (Å²) in [6.45, 7) is 3.68. The van der Waals surface area contributed by atoms with Gasteiger partial charge >= 0.3 is 0 Å². The summed E-state index contributed by atoms with van der Waals surface area (Å²) in [5.74, 6) is 0.703. The molecule has 0 spiro atoms. The number of carbonyl (C=O) groups excluding carboxylic acids is 1. The van der Waals surface area contributed by atoms with Gasteiger partial charge in [0.2, 0.25) is 5.91 Å². The van der Waals surface area contributed by atoms with Gasteiger partial charge in [0.15, 0.2) is 0 Å². The van der Waals surface area contributed by atoms with Crippen molar-refractivity contribution in [3.05, 3.63) is 71.3 Å². The molecule has 0 heterocycles. The Morgan fingerprint density at radius 1 is 1.09 bits per heavy atom. The first kappa shape index (κ1) is 15.8. The average Bonchev–Trinajstić information content (AvgIpc) is 2.99. The van der Waals surface area contributed by atoms with Crippen LogP contribution in [0.1, 0.15) is 42.4 Å². The second-order valence-corrected chi connectivity index (χ2v) is 6.35. The van der Waals surface area contributed by atoms with E-state index >= 15 is 0 Å². The van der Waals surface area contributed by atoms with Crippen LogP contribution in [0.25, 0.3) is 0 Å². The van der Waals surface area contributed by atoms with Crippen molar-refractivity contribution in [2.45, 2.75) is 38.5 Å². The maximum absolute atomic E-state index is 12.7. The Labute approximate surface area is 139 Å². The molecule has 0 saturated carbocycles. The summed E-state index contributed by atoms with van der Waals surface area (Å²) in [6, 6.07) is 19.0. The van der Waals surface area contributed by atoms with E-state index in [1.165, 1.54) is 16.7 Å². The van der Waals surface area contributed by atoms with Gasteiger partial charge in [0.05, 0.1) is 0 Å². The van der Waals surface area contributed by atoms with Crippen molar-refractivity contribution in [3.8, 4) is 0 Å². The van der Waals surface area contributed by atoms with Gasteiger partial charge in [-0.2, -0.15) is 0 Å². The minimum absolute atomic E-state index is 0.296. The van der Waals surface area contributed by atoms with E-state index in [4.69, 9.17) is 0 Å². The quantitative estimate of drug-likeness (QED) is 0.783. The number of fused-ring (bicyclic) bond motifs is 1. The second kappa shape index (κ2) is 7.45. The van der Waals surface area contributed by atoms with Crippen molar-refractivity contribution in [1.29, 1.82) is 0 Å². The maximum atomic E-state index is 12.7. The van der Waals surface area contributed by atoms with Crippen molar-refractivity contribution in [3.63, 3.8) is 0 Å². The highest BCUT2D eigenvalue weighted by molar-refractivity contribution is 5.77. The van der Waals surface area contributed by atoms with Crippen LogP contribution in [-0.2, 0) is 17.6 Å². The third-order valence-corrected chi connectivity index (χ3v) is 4.93. The van der Waals surface area contributed by atoms with Crippen molar-refractivity contribution >= 4 is 5.91 Å². The molecule has 23 heavy (non-hydrogen) atoms. The minimum atomic E-state index is 0.296. The minimum Gasteiger partial charge on any atom is -0.343 e. The van der Waals surface area contributed by atoms with E-state index in [-0.39, 0.29) is 0 Å². The van der Waals surface area contributed by atoms with E-state index < -0.39 is 0 Å². The molecule has 120 valence electrons. The van der Waals surface area contributed by atoms with Gasteiger partial charge in [0.1, 0.15) is 0 Å². The molecule has 0 bridgehead atoms. The summed E-state index contributed by atoms with van der Waals surface area (Å²) in [4.78, 5) is 14.7. The number of hydrogen-bond acceptors (Lipinski definition) is 1. The molecule has 0 N–H and O–H groups in total. The molecule has 2 aromatic carbocycles. The van der Waals surface area contributed by atoms with Crippen LogP contribution < -0.4 is 0 Å². The van der Waals surface area contributed by atoms with Gasteiger partial charge in [-0.25, -0.2) is 0 Å². The zero-order valence-corrected chi connectivity index (χ0v) is 13.9. The number of amides is 1. The molecule has 1 atom stereocenters. The van der Waals surface area contributed by atoms with E-state index in [1.54, 1.807) is 0 Å². The van der Waals surface area contributed by atoms with Crippen LogP contribution in [0.3, 0.4) is 0 Å². The smallest absolute Gasteiger partial charge is 0.223 e. The third kappa shape index (κ3) is 3.82. The SMILES string of the molecule is CCN(CCc1ccccc1)C(=O)CC1CCc2ccccc21. The molecular weight excluding hydrogens is 282 g/mol. The zero-order valence-electron chi connectivity index (χ0n) is 13.9. The maximum Gasteiger partial charge on any atom is 0.223 e. The number of rotatable bonds is 6. The Kier molecular flexibility index (Phi) is 5.12. The number of nitrogens with zero attached hydrogens (tertiary/aromatic N) is 1. The first-order valence-corrected chi connectivity index (χ1v) is 8.67. The van der Waals surface area contributed by atoms with Crippen molar-refractivity contribution in [1.82, 2.24) is 4.90 Å². The van der Waals surface area contributed by atoms with Crippen LogP contribution in [0.2, 0.25) is 0 Å². The van der Waals surface area contributed by atoms with Crippen LogP contribution in [0.5, 0.6) is 0 Å². The first-order valence-electron chi connectivity index (χ1n) is 8.67. The molecular formula is C21H25NO. The van der Waals surface area contributed by atoms with Crippen LogP contribution in [0.15, 0.2) is 54.6 Å². The Morgan fingerprint density at radius 2 is 1.83 bits per heavy atom. The molecule has 1 aliphatic rings. The monoisotopic (exact) mass is 307 g/mol. The fourth-order valence-electron chi connectivity index (χ4n) is 3.57. The van der Waals surface area contributed by atoms with Crippen LogP contribution in [0.4, 0.5) is 0 Å². The molecule has 2 aromatic rings. The fraction of sp³-hybridized carbons (Fsp3) is 0.381. The van der Waals surface area contributed by atoms with E-state index in [1.807, 2.05) is 11.0 Å². The number of carbonyl (C=O) groups is 1. The lowest BCUT2D eigenvalue weighted by Gasteiger charge is -2.23. The molecule has 0 fully saturated rings. The highest BCUT2D eigenvalue weighted by atomic mass is 16.2. The number of likely N-dealkylation sites (N-methyl/N-ethyl adjacent to an activating group) is 1. The predicted molar refractivity (Wildman–Crippen MR) is 94.5 cm³/mol. The van der Waals surface area contributed by atoms with Crippen LogP contribution >= 0.6 is 0 Å². The third-order valence-electron chi connectivity index (χ3n) is 4.93. The molecule has 0 aliphatic heterocycles. The van der Waals surface area contributed by atoms with Crippen LogP contribution in [-0.4, -0.2) is 23.9 Å². The molecule has 1 aliphatic carbocycles. The van der Waals surface area contributed by atoms with E-state index in [9.17, 15) is 4.79 Å². The molecule has 1 unspecified atom stereocenters. The summed E-state index contributed by atoms with van der Waals surface area (Å²) in [5.41, 5.74) is 4.11. The molecule has 3 rings (SSSR count). The summed E-state index contributed by atoms with van der Waals surface area (Å²) in [5, 5.41) is 0. The predicted octanol–water partition coefficient (Wildman–Crippen LogP) is 4.20. The van der Waals surface area contributed by atoms with Crippen molar-refractivity contribution in [2.75, 3.05) is 13.1 Å². The molecule has 1 amide bonds. The lowest BCUT2D eigenvalue weighted by atomic mass is 9.97. The van der Waals surface area contributed by atoms with Gasteiger partial charge in [-0.3, -0.25) is 4.79 Å². The Bertz CT molecular complexity index is 650. The number of hydrogen-bond donors (Lipinski definition) is 0. The van der Waals surface area contributed by atoms with Gasteiger partial charge in [-0.1, -0.05) is 54.6 Å². The van der Waals surface area contributed by atoms with Gasteiger partial charge in [0, 0.05) is 19.5 Å². The zero-order chi connectivity index (χ0) is 16.1. The highest BCUT2D eigenvalue weighted by Crippen LogP contribution is 2.35.